The van der Waals surface area contributed by atoms with Crippen LogP contribution in [0.2, 0.25) is 0 Å². The second-order valence-corrected chi connectivity index (χ2v) is 5.43. The third kappa shape index (κ3) is 1.28. The molecule has 1 aliphatic heterocycles. The highest BCUT2D eigenvalue weighted by molar-refractivity contribution is 4.94. The zero-order valence-electron chi connectivity index (χ0n) is 8.47. The molecule has 1 saturated carbocycles. The lowest BCUT2D eigenvalue weighted by molar-refractivity contribution is 0.0230. The minimum atomic E-state index is 0.448. The summed E-state index contributed by atoms with van der Waals surface area (Å²) in [6, 6.07) is 0. The van der Waals surface area contributed by atoms with Crippen molar-refractivity contribution in [2.45, 2.75) is 46.1 Å². The van der Waals surface area contributed by atoms with Crippen LogP contribution in [-0.4, -0.2) is 12.7 Å². The summed E-state index contributed by atoms with van der Waals surface area (Å²) in [5.41, 5.74) is 0.448. The summed E-state index contributed by atoms with van der Waals surface area (Å²) in [5, 5.41) is 0. The summed E-state index contributed by atoms with van der Waals surface area (Å²) in [6.07, 6.45) is 4.72. The van der Waals surface area contributed by atoms with E-state index >= 15 is 0 Å². The van der Waals surface area contributed by atoms with Crippen molar-refractivity contribution in [1.29, 1.82) is 0 Å². The van der Waals surface area contributed by atoms with Crippen molar-refractivity contribution in [3.63, 3.8) is 0 Å². The van der Waals surface area contributed by atoms with Gasteiger partial charge in [-0.15, -0.1) is 0 Å². The van der Waals surface area contributed by atoms with Gasteiger partial charge < -0.3 is 4.74 Å². The molecular formula is C11H20O. The van der Waals surface area contributed by atoms with Gasteiger partial charge in [-0.1, -0.05) is 20.8 Å². The van der Waals surface area contributed by atoms with Gasteiger partial charge in [-0.2, -0.15) is 0 Å². The summed E-state index contributed by atoms with van der Waals surface area (Å²) in [5.74, 6) is 1.71. The monoisotopic (exact) mass is 168 g/mol. The molecule has 2 fully saturated rings. The Hall–Kier alpha value is -0.0400. The van der Waals surface area contributed by atoms with Crippen LogP contribution in [0, 0.1) is 17.3 Å². The molecule has 2 rings (SSSR count). The molecule has 0 aromatic rings. The predicted molar refractivity (Wildman–Crippen MR) is 50.0 cm³/mol. The van der Waals surface area contributed by atoms with Crippen LogP contribution in [0.5, 0.6) is 0 Å². The first kappa shape index (κ1) is 8.55. The predicted octanol–water partition coefficient (Wildman–Crippen LogP) is 2.85. The summed E-state index contributed by atoms with van der Waals surface area (Å²) in [4.78, 5) is 0. The maximum atomic E-state index is 5.82. The second kappa shape index (κ2) is 2.73. The van der Waals surface area contributed by atoms with Crippen molar-refractivity contribution >= 4 is 0 Å². The highest BCUT2D eigenvalue weighted by atomic mass is 16.5. The fourth-order valence-electron chi connectivity index (χ4n) is 2.89. The molecular weight excluding hydrogens is 148 g/mol. The van der Waals surface area contributed by atoms with Crippen molar-refractivity contribution in [3.8, 4) is 0 Å². The SMILES string of the molecule is CC(C)(C)C1CCC2CCOC21. The van der Waals surface area contributed by atoms with Crippen molar-refractivity contribution in [2.24, 2.45) is 17.3 Å². The summed E-state index contributed by atoms with van der Waals surface area (Å²) >= 11 is 0. The minimum absolute atomic E-state index is 0.448. The van der Waals surface area contributed by atoms with E-state index in [1.807, 2.05) is 0 Å². The maximum Gasteiger partial charge on any atom is 0.0637 e. The van der Waals surface area contributed by atoms with Crippen molar-refractivity contribution in [1.82, 2.24) is 0 Å². The quantitative estimate of drug-likeness (QED) is 0.540. The Labute approximate surface area is 75.5 Å². The topological polar surface area (TPSA) is 9.23 Å². The third-order valence-corrected chi connectivity index (χ3v) is 3.62. The Morgan fingerprint density at radius 1 is 1.08 bits per heavy atom. The number of fused-ring (bicyclic) bond motifs is 1. The van der Waals surface area contributed by atoms with Crippen molar-refractivity contribution < 1.29 is 4.74 Å². The van der Waals surface area contributed by atoms with Crippen molar-refractivity contribution in [3.05, 3.63) is 0 Å². The molecule has 0 spiro atoms. The van der Waals surface area contributed by atoms with Crippen LogP contribution in [0.4, 0.5) is 0 Å². The number of ether oxygens (including phenoxy) is 1. The fraction of sp³-hybridized carbons (Fsp3) is 1.00. The fourth-order valence-corrected chi connectivity index (χ4v) is 2.89. The molecule has 0 aromatic heterocycles. The molecule has 12 heavy (non-hydrogen) atoms. The standard InChI is InChI=1S/C11H20O/c1-11(2,3)9-5-4-8-6-7-12-10(8)9/h8-10H,4-7H2,1-3H3. The van der Waals surface area contributed by atoms with Crippen LogP contribution in [0.3, 0.4) is 0 Å². The van der Waals surface area contributed by atoms with Crippen LogP contribution < -0.4 is 0 Å². The first-order chi connectivity index (χ1) is 5.59. The van der Waals surface area contributed by atoms with Crippen LogP contribution >= 0.6 is 0 Å². The highest BCUT2D eigenvalue weighted by Crippen LogP contribution is 2.47. The molecule has 1 heterocycles. The Bertz CT molecular complexity index is 168. The van der Waals surface area contributed by atoms with Crippen LogP contribution in [0.1, 0.15) is 40.0 Å². The number of hydrogen-bond donors (Lipinski definition) is 0. The molecule has 1 heteroatoms. The van der Waals surface area contributed by atoms with Crippen LogP contribution in [0.25, 0.3) is 0 Å². The van der Waals surface area contributed by atoms with E-state index < -0.39 is 0 Å². The minimum Gasteiger partial charge on any atom is -0.378 e. The molecule has 2 aliphatic rings. The van der Waals surface area contributed by atoms with Gasteiger partial charge in [0.05, 0.1) is 6.10 Å². The third-order valence-electron chi connectivity index (χ3n) is 3.62. The lowest BCUT2D eigenvalue weighted by atomic mass is 9.78. The van der Waals surface area contributed by atoms with Gasteiger partial charge in [-0.25, -0.2) is 0 Å². The molecule has 3 unspecified atom stereocenters. The average Bonchev–Trinajstić information content (AvgIpc) is 2.37. The number of rotatable bonds is 0. The van der Waals surface area contributed by atoms with E-state index in [1.54, 1.807) is 0 Å². The molecule has 70 valence electrons. The van der Waals surface area contributed by atoms with E-state index in [4.69, 9.17) is 4.74 Å². The zero-order valence-corrected chi connectivity index (χ0v) is 8.47. The first-order valence-electron chi connectivity index (χ1n) is 5.20. The van der Waals surface area contributed by atoms with Gasteiger partial charge in [0.25, 0.3) is 0 Å². The van der Waals surface area contributed by atoms with Gasteiger partial charge in [0, 0.05) is 6.61 Å². The lowest BCUT2D eigenvalue weighted by Crippen LogP contribution is -2.29. The lowest BCUT2D eigenvalue weighted by Gasteiger charge is -2.31. The second-order valence-electron chi connectivity index (χ2n) is 5.43. The molecule has 0 N–H and O–H groups in total. The van der Waals surface area contributed by atoms with E-state index in [0.717, 1.165) is 18.4 Å². The summed E-state index contributed by atoms with van der Waals surface area (Å²) in [6.45, 7) is 8.06. The molecule has 1 nitrogen and oxygen atoms in total. The van der Waals surface area contributed by atoms with Crippen LogP contribution in [0.15, 0.2) is 0 Å². The highest BCUT2D eigenvalue weighted by Gasteiger charge is 2.45. The van der Waals surface area contributed by atoms with E-state index in [-0.39, 0.29) is 0 Å². The average molecular weight is 168 g/mol. The van der Waals surface area contributed by atoms with Gasteiger partial charge in [-0.05, 0) is 36.5 Å². The molecule has 0 radical (unpaired) electrons. The largest absolute Gasteiger partial charge is 0.378 e. The molecule has 1 saturated heterocycles. The van der Waals surface area contributed by atoms with Gasteiger partial charge >= 0.3 is 0 Å². The molecule has 3 atom stereocenters. The Balaban J connectivity index is 2.09. The van der Waals surface area contributed by atoms with E-state index in [0.29, 0.717) is 11.5 Å². The molecule has 0 aromatic carbocycles. The first-order valence-corrected chi connectivity index (χ1v) is 5.20. The van der Waals surface area contributed by atoms with E-state index in [1.165, 1.54) is 19.3 Å². The van der Waals surface area contributed by atoms with Gasteiger partial charge in [0.15, 0.2) is 0 Å². The van der Waals surface area contributed by atoms with E-state index in [2.05, 4.69) is 20.8 Å². The molecule has 0 bridgehead atoms. The number of hydrogen-bond acceptors (Lipinski definition) is 1. The Morgan fingerprint density at radius 3 is 2.50 bits per heavy atom. The van der Waals surface area contributed by atoms with Gasteiger partial charge in [0.1, 0.15) is 0 Å². The van der Waals surface area contributed by atoms with Gasteiger partial charge in [0.2, 0.25) is 0 Å². The van der Waals surface area contributed by atoms with Crippen LogP contribution in [-0.2, 0) is 4.74 Å². The summed E-state index contributed by atoms with van der Waals surface area (Å²) in [7, 11) is 0. The normalized spacial score (nSPS) is 41.8. The smallest absolute Gasteiger partial charge is 0.0637 e. The Morgan fingerprint density at radius 2 is 1.83 bits per heavy atom. The van der Waals surface area contributed by atoms with Crippen molar-refractivity contribution in [2.75, 3.05) is 6.61 Å². The zero-order chi connectivity index (χ0) is 8.77. The molecule has 0 amide bonds. The van der Waals surface area contributed by atoms with E-state index in [9.17, 15) is 0 Å². The molecule has 1 aliphatic carbocycles. The van der Waals surface area contributed by atoms with Gasteiger partial charge in [-0.3, -0.25) is 0 Å². The maximum absolute atomic E-state index is 5.82. The summed E-state index contributed by atoms with van der Waals surface area (Å²) < 4.78 is 5.82. The Kier molecular flexibility index (Phi) is 1.95.